The lowest BCUT2D eigenvalue weighted by atomic mass is 9.95. The maximum Gasteiger partial charge on any atom is 0.407 e. The summed E-state index contributed by atoms with van der Waals surface area (Å²) < 4.78 is 14.1. The van der Waals surface area contributed by atoms with Gasteiger partial charge < -0.3 is 20.0 Å². The number of carboxylic acid groups (broad SMARTS) is 1. The highest BCUT2D eigenvalue weighted by Crippen LogP contribution is 2.34. The Labute approximate surface area is 186 Å². The van der Waals surface area contributed by atoms with Gasteiger partial charge in [0.1, 0.15) is 17.4 Å². The fourth-order valence-corrected chi connectivity index (χ4v) is 4.16. The summed E-state index contributed by atoms with van der Waals surface area (Å²) >= 11 is 0. The standard InChI is InChI=1S/C24H27FN4O3/c1-24(2,3)14-29(23(31)32)16-10-11-28(13-16)22-18-12-15(25)8-9-19(18)26-21(27-22)17-6-4-5-7-20(17)30/h4-9,12,16,30H,10-11,13-14H2,1-3H3,(H,31,32)/t16-/m1/s1. The lowest BCUT2D eigenvalue weighted by molar-refractivity contribution is 0.107. The fourth-order valence-electron chi connectivity index (χ4n) is 4.16. The number of fused-ring (bicyclic) bond motifs is 1. The molecule has 8 heteroatoms. The summed E-state index contributed by atoms with van der Waals surface area (Å²) in [6.07, 6.45) is -0.296. The summed E-state index contributed by atoms with van der Waals surface area (Å²) in [5.41, 5.74) is 0.868. The van der Waals surface area contributed by atoms with Gasteiger partial charge in [-0.05, 0) is 42.2 Å². The monoisotopic (exact) mass is 438 g/mol. The molecule has 0 radical (unpaired) electrons. The van der Waals surface area contributed by atoms with Crippen LogP contribution in [0.2, 0.25) is 0 Å². The minimum atomic E-state index is -0.944. The van der Waals surface area contributed by atoms with Crippen molar-refractivity contribution in [1.82, 2.24) is 14.9 Å². The van der Waals surface area contributed by atoms with Crippen LogP contribution >= 0.6 is 0 Å². The number of hydrogen-bond donors (Lipinski definition) is 2. The van der Waals surface area contributed by atoms with Gasteiger partial charge in [-0.3, -0.25) is 0 Å². The Bertz CT molecular complexity index is 1160. The van der Waals surface area contributed by atoms with Gasteiger partial charge in [-0.1, -0.05) is 32.9 Å². The molecule has 1 atom stereocenters. The van der Waals surface area contributed by atoms with Gasteiger partial charge in [-0.25, -0.2) is 19.2 Å². The second-order valence-electron chi connectivity index (χ2n) is 9.41. The summed E-state index contributed by atoms with van der Waals surface area (Å²) in [7, 11) is 0. The molecule has 0 aliphatic carbocycles. The molecular formula is C24H27FN4O3. The molecule has 1 saturated heterocycles. The first-order valence-electron chi connectivity index (χ1n) is 10.6. The van der Waals surface area contributed by atoms with Crippen LogP contribution in [0.5, 0.6) is 5.75 Å². The Morgan fingerprint density at radius 1 is 1.22 bits per heavy atom. The van der Waals surface area contributed by atoms with Gasteiger partial charge in [0.05, 0.1) is 17.1 Å². The van der Waals surface area contributed by atoms with E-state index in [1.165, 1.54) is 17.0 Å². The Hall–Kier alpha value is -3.42. The minimum absolute atomic E-state index is 0.0569. The van der Waals surface area contributed by atoms with Gasteiger partial charge >= 0.3 is 6.09 Å². The Morgan fingerprint density at radius 2 is 1.97 bits per heavy atom. The lowest BCUT2D eigenvalue weighted by Crippen LogP contribution is -2.45. The van der Waals surface area contributed by atoms with Crippen LogP contribution in [0.4, 0.5) is 15.0 Å². The highest BCUT2D eigenvalue weighted by atomic mass is 19.1. The number of rotatable bonds is 4. The number of benzene rings is 2. The lowest BCUT2D eigenvalue weighted by Gasteiger charge is -2.32. The number of anilines is 1. The number of aromatic hydroxyl groups is 1. The van der Waals surface area contributed by atoms with Crippen LogP contribution in [-0.4, -0.2) is 56.9 Å². The predicted octanol–water partition coefficient (Wildman–Crippen LogP) is 4.75. The number of carbonyl (C=O) groups is 1. The first kappa shape index (κ1) is 21.8. The van der Waals surface area contributed by atoms with Crippen LogP contribution in [0.15, 0.2) is 42.5 Å². The molecule has 0 unspecified atom stereocenters. The number of nitrogens with zero attached hydrogens (tertiary/aromatic N) is 4. The summed E-state index contributed by atoms with van der Waals surface area (Å²) in [5.74, 6) is 0.538. The van der Waals surface area contributed by atoms with E-state index in [-0.39, 0.29) is 17.2 Å². The number of phenols is 1. The van der Waals surface area contributed by atoms with E-state index in [1.54, 1.807) is 30.3 Å². The fraction of sp³-hybridized carbons (Fsp3) is 0.375. The average Bonchev–Trinajstić information content (AvgIpc) is 3.20. The van der Waals surface area contributed by atoms with Crippen LogP contribution in [0.3, 0.4) is 0 Å². The van der Waals surface area contributed by atoms with Gasteiger partial charge in [0.2, 0.25) is 0 Å². The molecule has 4 rings (SSSR count). The van der Waals surface area contributed by atoms with Crippen molar-refractivity contribution in [2.75, 3.05) is 24.5 Å². The van der Waals surface area contributed by atoms with Gasteiger partial charge in [0, 0.05) is 25.0 Å². The summed E-state index contributed by atoms with van der Waals surface area (Å²) in [5, 5.41) is 20.6. The second kappa shape index (κ2) is 8.26. The van der Waals surface area contributed by atoms with Gasteiger partial charge in [-0.15, -0.1) is 0 Å². The number of halogens is 1. The van der Waals surface area contributed by atoms with Crippen molar-refractivity contribution in [3.63, 3.8) is 0 Å². The Kier molecular flexibility index (Phi) is 5.62. The normalized spacial score (nSPS) is 16.5. The topological polar surface area (TPSA) is 89.8 Å². The van der Waals surface area contributed by atoms with E-state index in [2.05, 4.69) is 4.98 Å². The molecule has 1 aliphatic heterocycles. The highest BCUT2D eigenvalue weighted by molar-refractivity contribution is 5.91. The maximum absolute atomic E-state index is 14.1. The molecule has 1 amide bonds. The van der Waals surface area contributed by atoms with Crippen molar-refractivity contribution in [1.29, 1.82) is 0 Å². The Morgan fingerprint density at radius 3 is 2.66 bits per heavy atom. The van der Waals surface area contributed by atoms with E-state index in [0.717, 1.165) is 0 Å². The molecule has 168 valence electrons. The number of aromatic nitrogens is 2. The van der Waals surface area contributed by atoms with E-state index >= 15 is 0 Å². The quantitative estimate of drug-likeness (QED) is 0.611. The zero-order valence-electron chi connectivity index (χ0n) is 18.4. The van der Waals surface area contributed by atoms with E-state index < -0.39 is 11.9 Å². The molecule has 32 heavy (non-hydrogen) atoms. The van der Waals surface area contributed by atoms with Crippen molar-refractivity contribution >= 4 is 22.8 Å². The summed E-state index contributed by atoms with van der Waals surface area (Å²) in [4.78, 5) is 24.7. The Balaban J connectivity index is 1.74. The molecule has 2 N–H and O–H groups in total. The van der Waals surface area contributed by atoms with Crippen molar-refractivity contribution in [3.8, 4) is 17.1 Å². The van der Waals surface area contributed by atoms with Crippen molar-refractivity contribution < 1.29 is 19.4 Å². The largest absolute Gasteiger partial charge is 0.507 e. The first-order chi connectivity index (χ1) is 15.1. The molecule has 1 aromatic heterocycles. The average molecular weight is 439 g/mol. The van der Waals surface area contributed by atoms with Crippen LogP contribution in [-0.2, 0) is 0 Å². The maximum atomic E-state index is 14.1. The molecule has 0 bridgehead atoms. The van der Waals surface area contributed by atoms with Crippen LogP contribution < -0.4 is 4.90 Å². The van der Waals surface area contributed by atoms with Gasteiger partial charge in [0.15, 0.2) is 5.82 Å². The molecule has 0 saturated carbocycles. The van der Waals surface area contributed by atoms with Crippen LogP contribution in [0, 0.1) is 11.2 Å². The van der Waals surface area contributed by atoms with E-state index in [1.807, 2.05) is 25.7 Å². The second-order valence-corrected chi connectivity index (χ2v) is 9.41. The number of para-hydroxylation sites is 1. The molecule has 3 aromatic rings. The van der Waals surface area contributed by atoms with Crippen molar-refractivity contribution in [3.05, 3.63) is 48.3 Å². The summed E-state index contributed by atoms with van der Waals surface area (Å²) in [6, 6.07) is 10.9. The van der Waals surface area contributed by atoms with Gasteiger partial charge in [-0.2, -0.15) is 0 Å². The number of phenolic OH excluding ortho intramolecular Hbond substituents is 1. The molecule has 0 spiro atoms. The minimum Gasteiger partial charge on any atom is -0.507 e. The highest BCUT2D eigenvalue weighted by Gasteiger charge is 2.34. The van der Waals surface area contributed by atoms with Crippen LogP contribution in [0.25, 0.3) is 22.3 Å². The number of hydrogen-bond acceptors (Lipinski definition) is 5. The third kappa shape index (κ3) is 4.44. The van der Waals surface area contributed by atoms with Crippen molar-refractivity contribution in [2.24, 2.45) is 5.41 Å². The smallest absolute Gasteiger partial charge is 0.407 e. The third-order valence-corrected chi connectivity index (χ3v) is 5.58. The van der Waals surface area contributed by atoms with E-state index in [9.17, 15) is 19.4 Å². The SMILES string of the molecule is CC(C)(C)CN(C(=O)O)[C@@H]1CCN(c2nc(-c3ccccc3O)nc3ccc(F)cc23)C1. The molecule has 2 aromatic carbocycles. The molecule has 1 fully saturated rings. The van der Waals surface area contributed by atoms with Crippen molar-refractivity contribution in [2.45, 2.75) is 33.2 Å². The zero-order chi connectivity index (χ0) is 23.0. The molecule has 1 aliphatic rings. The van der Waals surface area contributed by atoms with E-state index in [0.29, 0.717) is 54.2 Å². The van der Waals surface area contributed by atoms with E-state index in [4.69, 9.17) is 4.98 Å². The molecule has 7 nitrogen and oxygen atoms in total. The third-order valence-electron chi connectivity index (χ3n) is 5.58. The zero-order valence-corrected chi connectivity index (χ0v) is 18.4. The van der Waals surface area contributed by atoms with Gasteiger partial charge in [0.25, 0.3) is 0 Å². The molecular weight excluding hydrogens is 411 g/mol. The van der Waals surface area contributed by atoms with Crippen LogP contribution in [0.1, 0.15) is 27.2 Å². The molecule has 2 heterocycles. The first-order valence-corrected chi connectivity index (χ1v) is 10.6. The summed E-state index contributed by atoms with van der Waals surface area (Å²) in [6.45, 7) is 7.48. The predicted molar refractivity (Wildman–Crippen MR) is 121 cm³/mol. The number of amides is 1.